The molecule has 0 unspecified atom stereocenters. The fourth-order valence-corrected chi connectivity index (χ4v) is 0. The Labute approximate surface area is 32.2 Å². The summed E-state index contributed by atoms with van der Waals surface area (Å²) in [4.78, 5) is 8.26. The molecule has 0 aliphatic heterocycles. The van der Waals surface area contributed by atoms with Crippen LogP contribution in [0.5, 0.6) is 0 Å². The fourth-order valence-electron chi connectivity index (χ4n) is 0. The predicted octanol–water partition coefficient (Wildman–Crippen LogP) is -0.388. The van der Waals surface area contributed by atoms with E-state index in [0.29, 0.717) is 0 Å². The number of carbonyl (C=O) groups is 1. The topological polar surface area (TPSA) is 43.1 Å². The van der Waals surface area contributed by atoms with Gasteiger partial charge >= 0.3 is 31.3 Å². The molecule has 0 aromatic carbocycles. The molecule has 0 aromatic rings. The molecule has 0 fully saturated rings. The van der Waals surface area contributed by atoms with E-state index in [1.165, 1.54) is 0 Å². The molecule has 0 saturated heterocycles. The zero-order chi connectivity index (χ0) is 3.58. The van der Waals surface area contributed by atoms with Crippen molar-refractivity contribution < 1.29 is 20.8 Å². The molecule has 0 atom stereocenters. The normalized spacial score (nSPS) is 6.50. The number of hydrogen-bond acceptors (Lipinski definition) is 1. The van der Waals surface area contributed by atoms with E-state index in [-0.39, 0.29) is 0 Å². The third-order valence-electron chi connectivity index (χ3n) is 0. The van der Waals surface area contributed by atoms with Crippen molar-refractivity contribution in [3.63, 3.8) is 0 Å². The summed E-state index contributed by atoms with van der Waals surface area (Å²) in [5.74, 6) is 0. The maximum atomic E-state index is 9.03. The fraction of sp³-hybridized carbons (Fsp3) is 0. The van der Waals surface area contributed by atoms with Crippen LogP contribution in [0.1, 0.15) is 0 Å². The summed E-state index contributed by atoms with van der Waals surface area (Å²) in [6, 6.07) is 0. The number of hydrogen-bond donors (Lipinski definition) is 1. The molecule has 2 nitrogen and oxygen atoms in total. The molecular weight excluding hydrogens is 106 g/mol. The molecule has 2 N–H and O–H groups in total. The van der Waals surface area contributed by atoms with Gasteiger partial charge in [0.25, 0.3) is 0 Å². The van der Waals surface area contributed by atoms with Crippen LogP contribution in [0.3, 0.4) is 0 Å². The van der Waals surface area contributed by atoms with Crippen LogP contribution in [-0.4, -0.2) is 4.81 Å². The van der Waals surface area contributed by atoms with Gasteiger partial charge in [0.05, 0.1) is 0 Å². The number of amides is 1. The Morgan fingerprint density at radius 1 is 2.00 bits per heavy atom. The monoisotopic (exact) mass is 107 g/mol. The summed E-state index contributed by atoms with van der Waals surface area (Å²) >= 11 is 3.88. The van der Waals surface area contributed by atoms with E-state index in [9.17, 15) is 0 Å². The van der Waals surface area contributed by atoms with Crippen molar-refractivity contribution >= 4 is 4.81 Å². The average Bonchev–Trinajstić information content (AvgIpc) is 0.811. The predicted molar refractivity (Wildman–Crippen MR) is 9.58 cm³/mol. The van der Waals surface area contributed by atoms with E-state index in [1.54, 1.807) is 0 Å². The third-order valence-corrected chi connectivity index (χ3v) is 0. The average molecular weight is 108 g/mol. The summed E-state index contributed by atoms with van der Waals surface area (Å²) in [6.45, 7) is 0. The van der Waals surface area contributed by atoms with E-state index in [0.717, 1.165) is 0 Å². The quantitative estimate of drug-likeness (QED) is 0.421. The third kappa shape index (κ3) is 17600. The minimum atomic E-state index is -0.771. The molecule has 4 heavy (non-hydrogen) atoms. The molecule has 0 saturated carbocycles. The van der Waals surface area contributed by atoms with E-state index in [1.807, 2.05) is 0 Å². The Balaban J connectivity index is 2.80. The molecule has 0 rings (SSSR count). The van der Waals surface area contributed by atoms with Gasteiger partial charge < -0.3 is 0 Å². The van der Waals surface area contributed by atoms with Gasteiger partial charge in [-0.25, -0.2) is 0 Å². The summed E-state index contributed by atoms with van der Waals surface area (Å²) in [5, 5.41) is 0. The molecule has 0 aliphatic carbocycles. The molecule has 0 spiro atoms. The first-order valence-corrected chi connectivity index (χ1v) is 1.11. The molecule has 3 heteroatoms. The number of rotatable bonds is 0. The molecule has 0 radical (unpaired) electrons. The van der Waals surface area contributed by atoms with Crippen molar-refractivity contribution in [2.45, 2.75) is 0 Å². The van der Waals surface area contributed by atoms with Crippen molar-refractivity contribution in [1.29, 1.82) is 0 Å². The second kappa shape index (κ2) is 1.32. The molecule has 0 bridgehead atoms. The second-order valence-corrected chi connectivity index (χ2v) is 0.730. The van der Waals surface area contributed by atoms with Crippen molar-refractivity contribution in [2.75, 3.05) is 0 Å². The van der Waals surface area contributed by atoms with Crippen LogP contribution in [0.25, 0.3) is 0 Å². The summed E-state index contributed by atoms with van der Waals surface area (Å²) in [6.07, 6.45) is 0. The second-order valence-electron chi connectivity index (χ2n) is 0.266. The Kier molecular flexibility index (Phi) is 1.32. The van der Waals surface area contributed by atoms with Gasteiger partial charge in [0, 0.05) is 0 Å². The van der Waals surface area contributed by atoms with Gasteiger partial charge in [-0.15, -0.1) is 0 Å². The van der Waals surface area contributed by atoms with E-state index < -0.39 is 4.81 Å². The van der Waals surface area contributed by atoms with Gasteiger partial charge in [-0.1, -0.05) is 0 Å². The van der Waals surface area contributed by atoms with Crippen molar-refractivity contribution in [2.24, 2.45) is 5.73 Å². The van der Waals surface area contributed by atoms with Crippen LogP contribution in [-0.2, 0) is 16.0 Å². The first-order chi connectivity index (χ1) is 1.73. The number of primary amides is 1. The first-order valence-electron chi connectivity index (χ1n) is 0.644. The van der Waals surface area contributed by atoms with Gasteiger partial charge in [-0.05, 0) is 0 Å². The number of carbonyl (C=O) groups excluding carboxylic acids is 1. The molecule has 0 aliphatic rings. The van der Waals surface area contributed by atoms with Crippen LogP contribution in [0, 0.1) is 0 Å². The zero-order valence-electron chi connectivity index (χ0n) is 1.79. The maximum absolute atomic E-state index is 9.03. The Hall–Kier alpha value is -0.0105. The first kappa shape index (κ1) is 3.99. The van der Waals surface area contributed by atoms with E-state index in [2.05, 4.69) is 21.7 Å². The standard InChI is InChI=1S/CH2NO.Cu/c2-1-3;/h(H2,2,3);. The Bertz CT molecular complexity index is 31.0. The summed E-state index contributed by atoms with van der Waals surface area (Å²) in [5.41, 5.74) is 4.28. The van der Waals surface area contributed by atoms with Crippen molar-refractivity contribution in [3.05, 3.63) is 0 Å². The van der Waals surface area contributed by atoms with Gasteiger partial charge in [0.2, 0.25) is 0 Å². The summed E-state index contributed by atoms with van der Waals surface area (Å²) in [7, 11) is 0. The van der Waals surface area contributed by atoms with Crippen molar-refractivity contribution in [3.8, 4) is 0 Å². The molecule has 28 valence electrons. The van der Waals surface area contributed by atoms with Crippen molar-refractivity contribution in [1.82, 2.24) is 0 Å². The van der Waals surface area contributed by atoms with Gasteiger partial charge in [0.15, 0.2) is 0 Å². The molecule has 0 aromatic heterocycles. The molecule has 0 heterocycles. The zero-order valence-corrected chi connectivity index (χ0v) is 2.73. The number of nitrogens with two attached hydrogens (primary N) is 1. The van der Waals surface area contributed by atoms with Gasteiger partial charge in [0.1, 0.15) is 0 Å². The SMILES string of the molecule is N[C](=O)[Cu]. The van der Waals surface area contributed by atoms with Gasteiger partial charge in [-0.3, -0.25) is 0 Å². The molecular formula is CH2CuNO. The molecule has 1 amide bonds. The Morgan fingerprint density at radius 3 is 2.00 bits per heavy atom. The van der Waals surface area contributed by atoms with E-state index >= 15 is 0 Å². The van der Waals surface area contributed by atoms with E-state index in [4.69, 9.17) is 4.79 Å². The van der Waals surface area contributed by atoms with Crippen LogP contribution >= 0.6 is 0 Å². The minimum absolute atomic E-state index is 0.771. The van der Waals surface area contributed by atoms with Crippen LogP contribution in [0.4, 0.5) is 4.79 Å². The Morgan fingerprint density at radius 2 is 2.00 bits per heavy atom. The van der Waals surface area contributed by atoms with Crippen LogP contribution in [0.2, 0.25) is 0 Å². The van der Waals surface area contributed by atoms with Crippen LogP contribution in [0.15, 0.2) is 0 Å². The van der Waals surface area contributed by atoms with Gasteiger partial charge in [-0.2, -0.15) is 0 Å². The summed E-state index contributed by atoms with van der Waals surface area (Å²) < 4.78 is 0. The van der Waals surface area contributed by atoms with Crippen LogP contribution < -0.4 is 5.73 Å².